The number of halogens is 4. The first kappa shape index (κ1) is 15.6. The summed E-state index contributed by atoms with van der Waals surface area (Å²) in [6.07, 6.45) is 0.545. The third-order valence-electron chi connectivity index (χ3n) is 4.91. The predicted octanol–water partition coefficient (Wildman–Crippen LogP) is 6.19. The number of rotatable bonds is 1. The molecule has 5 heteroatoms. The van der Waals surface area contributed by atoms with E-state index in [0.717, 1.165) is 23.6 Å². The molecule has 2 aliphatic rings. The zero-order valence-corrected chi connectivity index (χ0v) is 13.4. The van der Waals surface area contributed by atoms with Crippen molar-refractivity contribution in [1.82, 2.24) is 0 Å². The molecule has 0 amide bonds. The Morgan fingerprint density at radius 3 is 2.62 bits per heavy atom. The van der Waals surface area contributed by atoms with Crippen molar-refractivity contribution in [3.8, 4) is 0 Å². The summed E-state index contributed by atoms with van der Waals surface area (Å²) in [6.45, 7) is 0. The Labute approximate surface area is 143 Å². The Balaban J connectivity index is 1.85. The molecule has 4 rings (SSSR count). The smallest absolute Gasteiger partial charge is 0.377 e. The van der Waals surface area contributed by atoms with Crippen LogP contribution in [0.25, 0.3) is 0 Å². The standard InChI is InChI=1S/C19H15ClF3N/c20-12-5-1-4-11(10-12)17-14-7-2-6-13(14)15-8-3-9-16(18(15)24-17)19(21,22)23/h1-6,8-10,13-14,17,24H,7H2/t13-,14+,17-/m1/s1. The quantitative estimate of drug-likeness (QED) is 0.606. The molecule has 24 heavy (non-hydrogen) atoms. The molecule has 0 radical (unpaired) electrons. The highest BCUT2D eigenvalue weighted by Gasteiger charge is 2.42. The topological polar surface area (TPSA) is 12.0 Å². The van der Waals surface area contributed by atoms with E-state index in [4.69, 9.17) is 11.6 Å². The maximum Gasteiger partial charge on any atom is 0.418 e. The van der Waals surface area contributed by atoms with Gasteiger partial charge in [-0.1, -0.05) is 48.0 Å². The monoisotopic (exact) mass is 349 g/mol. The molecular weight excluding hydrogens is 335 g/mol. The van der Waals surface area contributed by atoms with Crippen molar-refractivity contribution in [2.24, 2.45) is 5.92 Å². The van der Waals surface area contributed by atoms with E-state index in [1.165, 1.54) is 6.07 Å². The van der Waals surface area contributed by atoms with E-state index in [2.05, 4.69) is 11.4 Å². The number of hydrogen-bond acceptors (Lipinski definition) is 1. The van der Waals surface area contributed by atoms with Crippen LogP contribution in [-0.4, -0.2) is 0 Å². The first-order valence-electron chi connectivity index (χ1n) is 7.84. The Kier molecular flexibility index (Phi) is 3.61. The molecule has 2 aromatic carbocycles. The van der Waals surface area contributed by atoms with Gasteiger partial charge in [0.25, 0.3) is 0 Å². The average Bonchev–Trinajstić information content (AvgIpc) is 3.02. The number of fused-ring (bicyclic) bond motifs is 3. The highest BCUT2D eigenvalue weighted by Crippen LogP contribution is 2.52. The van der Waals surface area contributed by atoms with E-state index in [1.807, 2.05) is 24.3 Å². The summed E-state index contributed by atoms with van der Waals surface area (Å²) < 4.78 is 40.3. The van der Waals surface area contributed by atoms with Gasteiger partial charge < -0.3 is 5.32 Å². The Morgan fingerprint density at radius 2 is 1.88 bits per heavy atom. The van der Waals surface area contributed by atoms with Gasteiger partial charge in [0.1, 0.15) is 0 Å². The second-order valence-electron chi connectivity index (χ2n) is 6.30. The van der Waals surface area contributed by atoms with Crippen molar-refractivity contribution in [2.45, 2.75) is 24.6 Å². The van der Waals surface area contributed by atoms with Gasteiger partial charge in [-0.2, -0.15) is 13.2 Å². The van der Waals surface area contributed by atoms with Crippen molar-refractivity contribution < 1.29 is 13.2 Å². The minimum Gasteiger partial charge on any atom is -0.377 e. The van der Waals surface area contributed by atoms with Crippen LogP contribution < -0.4 is 5.32 Å². The van der Waals surface area contributed by atoms with E-state index in [9.17, 15) is 13.2 Å². The number of alkyl halides is 3. The van der Waals surface area contributed by atoms with E-state index in [0.29, 0.717) is 5.02 Å². The zero-order valence-electron chi connectivity index (χ0n) is 12.6. The SMILES string of the molecule is FC(F)(F)c1cccc2c1N[C@H](c1cccc(Cl)c1)[C@H]1CC=C[C@@H]21. The average molecular weight is 350 g/mol. The van der Waals surface area contributed by atoms with Crippen molar-refractivity contribution in [3.05, 3.63) is 76.3 Å². The fourth-order valence-corrected chi connectivity index (χ4v) is 4.09. The van der Waals surface area contributed by atoms with Gasteiger partial charge in [-0.25, -0.2) is 0 Å². The predicted molar refractivity (Wildman–Crippen MR) is 89.2 cm³/mol. The van der Waals surface area contributed by atoms with Gasteiger partial charge in [-0.05, 0) is 41.7 Å². The van der Waals surface area contributed by atoms with Crippen molar-refractivity contribution in [3.63, 3.8) is 0 Å². The van der Waals surface area contributed by atoms with Gasteiger partial charge in [0.2, 0.25) is 0 Å². The minimum atomic E-state index is -4.38. The lowest BCUT2D eigenvalue weighted by Gasteiger charge is -2.38. The lowest BCUT2D eigenvalue weighted by Crippen LogP contribution is -2.30. The van der Waals surface area contributed by atoms with Gasteiger partial charge in [0, 0.05) is 10.9 Å². The number of nitrogens with one attached hydrogen (secondary N) is 1. The van der Waals surface area contributed by atoms with Crippen molar-refractivity contribution in [2.75, 3.05) is 5.32 Å². The second kappa shape index (κ2) is 5.55. The van der Waals surface area contributed by atoms with Crippen LogP contribution in [0, 0.1) is 5.92 Å². The van der Waals surface area contributed by atoms with Crippen LogP contribution >= 0.6 is 11.6 Å². The fraction of sp³-hybridized carbons (Fsp3) is 0.263. The van der Waals surface area contributed by atoms with Crippen molar-refractivity contribution >= 4 is 17.3 Å². The van der Waals surface area contributed by atoms with Gasteiger partial charge in [-0.15, -0.1) is 0 Å². The van der Waals surface area contributed by atoms with E-state index < -0.39 is 11.7 Å². The summed E-state index contributed by atoms with van der Waals surface area (Å²) in [4.78, 5) is 0. The number of anilines is 1. The maximum absolute atomic E-state index is 13.4. The molecule has 2 aromatic rings. The molecule has 0 saturated heterocycles. The molecule has 3 atom stereocenters. The number of allylic oxidation sites excluding steroid dienone is 2. The number of hydrogen-bond donors (Lipinski definition) is 1. The summed E-state index contributed by atoms with van der Waals surface area (Å²) in [5.74, 6) is 0.187. The number of para-hydroxylation sites is 1. The molecule has 1 nitrogen and oxygen atoms in total. The minimum absolute atomic E-state index is 0.00692. The third-order valence-corrected chi connectivity index (χ3v) is 5.15. The summed E-state index contributed by atoms with van der Waals surface area (Å²) in [6, 6.07) is 11.6. The highest BCUT2D eigenvalue weighted by molar-refractivity contribution is 6.30. The Hall–Kier alpha value is -1.94. The molecule has 1 aliphatic carbocycles. The summed E-state index contributed by atoms with van der Waals surface area (Å²) >= 11 is 6.09. The molecule has 0 aromatic heterocycles. The molecule has 0 saturated carbocycles. The van der Waals surface area contributed by atoms with Crippen LogP contribution in [0.2, 0.25) is 5.02 Å². The third kappa shape index (κ3) is 2.49. The second-order valence-corrected chi connectivity index (χ2v) is 6.73. The summed E-state index contributed by atoms with van der Waals surface area (Å²) in [5.41, 5.74) is 1.24. The normalized spacial score (nSPS) is 25.1. The summed E-state index contributed by atoms with van der Waals surface area (Å²) in [5, 5.41) is 3.76. The van der Waals surface area contributed by atoms with E-state index >= 15 is 0 Å². The molecule has 1 N–H and O–H groups in total. The maximum atomic E-state index is 13.4. The van der Waals surface area contributed by atoms with Crippen LogP contribution in [0.4, 0.5) is 18.9 Å². The Bertz CT molecular complexity index is 812. The molecule has 124 valence electrons. The Morgan fingerprint density at radius 1 is 1.08 bits per heavy atom. The fourth-order valence-electron chi connectivity index (χ4n) is 3.89. The van der Waals surface area contributed by atoms with Gasteiger partial charge in [-0.3, -0.25) is 0 Å². The molecular formula is C19H15ClF3N. The molecule has 0 bridgehead atoms. The van der Waals surface area contributed by atoms with Gasteiger partial charge in [0.15, 0.2) is 0 Å². The molecule has 1 aliphatic heterocycles. The molecule has 0 spiro atoms. The van der Waals surface area contributed by atoms with Gasteiger partial charge in [0.05, 0.1) is 17.3 Å². The van der Waals surface area contributed by atoms with Crippen LogP contribution in [-0.2, 0) is 6.18 Å². The van der Waals surface area contributed by atoms with Crippen LogP contribution in [0.15, 0.2) is 54.6 Å². The summed E-state index contributed by atoms with van der Waals surface area (Å²) in [7, 11) is 0. The molecule has 0 fully saturated rings. The highest BCUT2D eigenvalue weighted by atomic mass is 35.5. The van der Waals surface area contributed by atoms with Crippen molar-refractivity contribution in [1.29, 1.82) is 0 Å². The van der Waals surface area contributed by atoms with E-state index in [-0.39, 0.29) is 23.6 Å². The van der Waals surface area contributed by atoms with Crippen LogP contribution in [0.5, 0.6) is 0 Å². The zero-order chi connectivity index (χ0) is 16.9. The van der Waals surface area contributed by atoms with Crippen LogP contribution in [0.3, 0.4) is 0 Å². The first-order valence-corrected chi connectivity index (χ1v) is 8.22. The molecule has 0 unspecified atom stereocenters. The number of benzene rings is 2. The largest absolute Gasteiger partial charge is 0.418 e. The molecule has 1 heterocycles. The van der Waals surface area contributed by atoms with E-state index in [1.54, 1.807) is 12.1 Å². The first-order chi connectivity index (χ1) is 11.4. The lowest BCUT2D eigenvalue weighted by atomic mass is 9.76. The van der Waals surface area contributed by atoms with Crippen LogP contribution in [0.1, 0.15) is 35.1 Å². The van der Waals surface area contributed by atoms with Gasteiger partial charge >= 0.3 is 6.18 Å². The lowest BCUT2D eigenvalue weighted by molar-refractivity contribution is -0.137.